The smallest absolute Gasteiger partial charge is 0.289 e. The van der Waals surface area contributed by atoms with Gasteiger partial charge in [-0.15, -0.1) is 0 Å². The maximum absolute atomic E-state index is 12.9. The molecule has 0 aliphatic rings. The standard InChI is InChI=1S/C15H8F6O/c16-14(17,18)10-5-3-4-9(8-10)13(22)11-6-1-2-7-12(11)15(19,20)21/h1-8H. The highest BCUT2D eigenvalue weighted by atomic mass is 19.4. The van der Waals surface area contributed by atoms with Gasteiger partial charge in [-0.05, 0) is 18.2 Å². The van der Waals surface area contributed by atoms with E-state index in [2.05, 4.69) is 0 Å². The number of carbonyl (C=O) groups excluding carboxylic acids is 1. The molecule has 0 saturated heterocycles. The van der Waals surface area contributed by atoms with Crippen molar-refractivity contribution in [3.63, 3.8) is 0 Å². The molecular weight excluding hydrogens is 310 g/mol. The molecule has 0 saturated carbocycles. The largest absolute Gasteiger partial charge is 0.417 e. The molecule has 1 nitrogen and oxygen atoms in total. The fourth-order valence-electron chi connectivity index (χ4n) is 1.92. The van der Waals surface area contributed by atoms with Crippen molar-refractivity contribution in [1.29, 1.82) is 0 Å². The van der Waals surface area contributed by atoms with Crippen LogP contribution in [-0.2, 0) is 12.4 Å². The lowest BCUT2D eigenvalue weighted by atomic mass is 9.97. The zero-order valence-electron chi connectivity index (χ0n) is 10.8. The maximum Gasteiger partial charge on any atom is 0.417 e. The van der Waals surface area contributed by atoms with Crippen molar-refractivity contribution in [2.75, 3.05) is 0 Å². The van der Waals surface area contributed by atoms with Gasteiger partial charge in [0, 0.05) is 11.1 Å². The summed E-state index contributed by atoms with van der Waals surface area (Å²) >= 11 is 0. The minimum Gasteiger partial charge on any atom is -0.289 e. The van der Waals surface area contributed by atoms with E-state index in [1.165, 1.54) is 6.07 Å². The fraction of sp³-hybridized carbons (Fsp3) is 0.133. The Morgan fingerprint density at radius 3 is 2.00 bits per heavy atom. The number of carbonyl (C=O) groups is 1. The molecule has 0 amide bonds. The number of alkyl halides is 6. The van der Waals surface area contributed by atoms with E-state index in [0.717, 1.165) is 30.3 Å². The van der Waals surface area contributed by atoms with Gasteiger partial charge in [0.1, 0.15) is 0 Å². The molecule has 0 spiro atoms. The van der Waals surface area contributed by atoms with Crippen molar-refractivity contribution < 1.29 is 31.1 Å². The van der Waals surface area contributed by atoms with Crippen LogP contribution in [0.1, 0.15) is 27.0 Å². The summed E-state index contributed by atoms with van der Waals surface area (Å²) in [4.78, 5) is 12.1. The highest BCUT2D eigenvalue weighted by Crippen LogP contribution is 2.34. The van der Waals surface area contributed by atoms with Crippen molar-refractivity contribution in [1.82, 2.24) is 0 Å². The Balaban J connectivity index is 2.50. The van der Waals surface area contributed by atoms with Gasteiger partial charge in [-0.3, -0.25) is 4.79 Å². The van der Waals surface area contributed by atoms with Crippen molar-refractivity contribution in [2.45, 2.75) is 12.4 Å². The third kappa shape index (κ3) is 3.29. The van der Waals surface area contributed by atoms with Crippen molar-refractivity contribution in [2.24, 2.45) is 0 Å². The summed E-state index contributed by atoms with van der Waals surface area (Å²) in [6.45, 7) is 0. The van der Waals surface area contributed by atoms with Gasteiger partial charge in [0.05, 0.1) is 11.1 Å². The van der Waals surface area contributed by atoms with Crippen molar-refractivity contribution in [3.05, 3.63) is 70.8 Å². The number of hydrogen-bond donors (Lipinski definition) is 0. The first kappa shape index (κ1) is 16.1. The molecule has 0 N–H and O–H groups in total. The first-order chi connectivity index (χ1) is 10.1. The molecule has 0 heterocycles. The van der Waals surface area contributed by atoms with Gasteiger partial charge in [-0.2, -0.15) is 26.3 Å². The fourth-order valence-corrected chi connectivity index (χ4v) is 1.92. The van der Waals surface area contributed by atoms with E-state index < -0.39 is 40.4 Å². The van der Waals surface area contributed by atoms with Gasteiger partial charge in [0.15, 0.2) is 5.78 Å². The lowest BCUT2D eigenvalue weighted by molar-refractivity contribution is -0.138. The molecule has 0 aliphatic heterocycles. The van der Waals surface area contributed by atoms with Crippen LogP contribution in [0.25, 0.3) is 0 Å². The van der Waals surface area contributed by atoms with Gasteiger partial charge in [0.2, 0.25) is 0 Å². The van der Waals surface area contributed by atoms with Gasteiger partial charge in [-0.1, -0.05) is 30.3 Å². The van der Waals surface area contributed by atoms with Crippen molar-refractivity contribution in [3.8, 4) is 0 Å². The predicted molar refractivity (Wildman–Crippen MR) is 66.3 cm³/mol. The molecule has 0 atom stereocenters. The quantitative estimate of drug-likeness (QED) is 0.565. The molecular formula is C15H8F6O. The molecule has 7 heteroatoms. The summed E-state index contributed by atoms with van der Waals surface area (Å²) in [6, 6.07) is 7.27. The van der Waals surface area contributed by atoms with E-state index in [1.807, 2.05) is 0 Å². The topological polar surface area (TPSA) is 17.1 Å². The van der Waals surface area contributed by atoms with Crippen molar-refractivity contribution >= 4 is 5.78 Å². The van der Waals surface area contributed by atoms with E-state index in [0.29, 0.717) is 12.1 Å². The molecule has 2 aromatic carbocycles. The summed E-state index contributed by atoms with van der Waals surface area (Å²) in [6.07, 6.45) is -9.45. The summed E-state index contributed by atoms with van der Waals surface area (Å²) in [7, 11) is 0. The van der Waals surface area contributed by atoms with Crippen LogP contribution < -0.4 is 0 Å². The highest BCUT2D eigenvalue weighted by Gasteiger charge is 2.35. The molecule has 22 heavy (non-hydrogen) atoms. The zero-order chi connectivity index (χ0) is 16.5. The van der Waals surface area contributed by atoms with Gasteiger partial charge in [-0.25, -0.2) is 0 Å². The summed E-state index contributed by atoms with van der Waals surface area (Å²) in [5.41, 5.74) is -3.42. The first-order valence-corrected chi connectivity index (χ1v) is 5.99. The normalized spacial score (nSPS) is 12.3. The van der Waals surface area contributed by atoms with Crippen LogP contribution in [0.5, 0.6) is 0 Å². The number of rotatable bonds is 2. The van der Waals surface area contributed by atoms with Crippen LogP contribution >= 0.6 is 0 Å². The average Bonchev–Trinajstić information content (AvgIpc) is 2.45. The number of benzene rings is 2. The van der Waals surface area contributed by atoms with E-state index in [-0.39, 0.29) is 0 Å². The summed E-state index contributed by atoms with van der Waals surface area (Å²) in [5, 5.41) is 0. The molecule has 0 fully saturated rings. The first-order valence-electron chi connectivity index (χ1n) is 5.99. The van der Waals surface area contributed by atoms with Crippen LogP contribution in [0.15, 0.2) is 48.5 Å². The van der Waals surface area contributed by atoms with E-state index >= 15 is 0 Å². The monoisotopic (exact) mass is 318 g/mol. The Labute approximate surface area is 121 Å². The SMILES string of the molecule is O=C(c1cccc(C(F)(F)F)c1)c1ccccc1C(F)(F)F. The molecule has 2 rings (SSSR count). The van der Waals surface area contributed by atoms with Crippen LogP contribution in [-0.4, -0.2) is 5.78 Å². The second kappa shape index (κ2) is 5.47. The van der Waals surface area contributed by atoms with Gasteiger partial charge < -0.3 is 0 Å². The Morgan fingerprint density at radius 2 is 1.41 bits per heavy atom. The van der Waals surface area contributed by atoms with E-state index in [9.17, 15) is 31.1 Å². The van der Waals surface area contributed by atoms with Crippen LogP contribution in [0.2, 0.25) is 0 Å². The summed E-state index contributed by atoms with van der Waals surface area (Å²) in [5.74, 6) is -1.11. The molecule has 0 radical (unpaired) electrons. The minimum atomic E-state index is -4.77. The van der Waals surface area contributed by atoms with E-state index in [1.54, 1.807) is 0 Å². The molecule has 0 aliphatic carbocycles. The third-order valence-corrected chi connectivity index (χ3v) is 2.93. The second-order valence-corrected chi connectivity index (χ2v) is 4.45. The number of hydrogen-bond acceptors (Lipinski definition) is 1. The lowest BCUT2D eigenvalue weighted by Gasteiger charge is -2.13. The molecule has 116 valence electrons. The summed E-state index contributed by atoms with van der Waals surface area (Å²) < 4.78 is 76.4. The number of halogens is 6. The Bertz CT molecular complexity index is 700. The van der Waals surface area contributed by atoms with E-state index in [4.69, 9.17) is 0 Å². The lowest BCUT2D eigenvalue weighted by Crippen LogP contribution is -2.14. The third-order valence-electron chi connectivity index (χ3n) is 2.93. The maximum atomic E-state index is 12.9. The highest BCUT2D eigenvalue weighted by molar-refractivity contribution is 6.10. The molecule has 2 aromatic rings. The Morgan fingerprint density at radius 1 is 0.773 bits per heavy atom. The minimum absolute atomic E-state index is 0.452. The molecule has 0 unspecified atom stereocenters. The molecule has 0 bridgehead atoms. The zero-order valence-corrected chi connectivity index (χ0v) is 10.8. The van der Waals surface area contributed by atoms with Gasteiger partial charge >= 0.3 is 12.4 Å². The van der Waals surface area contributed by atoms with Crippen LogP contribution in [0.4, 0.5) is 26.3 Å². The molecule has 0 aromatic heterocycles. The average molecular weight is 318 g/mol. The second-order valence-electron chi connectivity index (χ2n) is 4.45. The predicted octanol–water partition coefficient (Wildman–Crippen LogP) is 4.96. The van der Waals surface area contributed by atoms with Crippen LogP contribution in [0.3, 0.4) is 0 Å². The van der Waals surface area contributed by atoms with Crippen LogP contribution in [0, 0.1) is 0 Å². The Hall–Kier alpha value is -2.31. The number of ketones is 1. The Kier molecular flexibility index (Phi) is 4.00. The van der Waals surface area contributed by atoms with Gasteiger partial charge in [0.25, 0.3) is 0 Å².